The summed E-state index contributed by atoms with van der Waals surface area (Å²) in [7, 11) is 1.70. The topological polar surface area (TPSA) is 21.3 Å². The molecule has 0 rings (SSSR count). The Morgan fingerprint density at radius 3 is 2.64 bits per heavy atom. The number of terminal acetylenes is 1. The smallest absolute Gasteiger partial charge is 0.0661 e. The SMILES string of the molecule is C#CC(C)NC(CC)COC. The largest absolute Gasteiger partial charge is 0.383 e. The summed E-state index contributed by atoms with van der Waals surface area (Å²) in [5.74, 6) is 2.62. The zero-order valence-electron chi connectivity index (χ0n) is 7.55. The van der Waals surface area contributed by atoms with Crippen LogP contribution in [0.3, 0.4) is 0 Å². The van der Waals surface area contributed by atoms with E-state index >= 15 is 0 Å². The Morgan fingerprint density at radius 1 is 1.64 bits per heavy atom. The second-order valence-electron chi connectivity index (χ2n) is 2.62. The lowest BCUT2D eigenvalue weighted by atomic mass is 10.2. The van der Waals surface area contributed by atoms with E-state index in [1.807, 2.05) is 6.92 Å². The van der Waals surface area contributed by atoms with Crippen molar-refractivity contribution in [3.8, 4) is 12.3 Å². The normalized spacial score (nSPS) is 15.5. The first-order valence-corrected chi connectivity index (χ1v) is 3.95. The van der Waals surface area contributed by atoms with Crippen molar-refractivity contribution in [1.82, 2.24) is 5.32 Å². The molecule has 2 unspecified atom stereocenters. The highest BCUT2D eigenvalue weighted by Crippen LogP contribution is 1.93. The van der Waals surface area contributed by atoms with Gasteiger partial charge in [-0.3, -0.25) is 5.32 Å². The fourth-order valence-electron chi connectivity index (χ4n) is 0.887. The molecule has 0 fully saturated rings. The molecule has 0 amide bonds. The maximum absolute atomic E-state index is 5.22. The van der Waals surface area contributed by atoms with Crippen LogP contribution in [0.15, 0.2) is 0 Å². The predicted octanol–water partition coefficient (Wildman–Crippen LogP) is 1.02. The predicted molar refractivity (Wildman–Crippen MR) is 47.4 cm³/mol. The maximum atomic E-state index is 5.22. The van der Waals surface area contributed by atoms with Crippen LogP contribution in [0.25, 0.3) is 0 Å². The van der Waals surface area contributed by atoms with E-state index in [9.17, 15) is 0 Å². The van der Waals surface area contributed by atoms with E-state index in [4.69, 9.17) is 11.2 Å². The first kappa shape index (κ1) is 10.5. The lowest BCUT2D eigenvalue weighted by Gasteiger charge is -2.17. The molecular weight excluding hydrogens is 138 g/mol. The van der Waals surface area contributed by atoms with Gasteiger partial charge in [-0.1, -0.05) is 12.8 Å². The van der Waals surface area contributed by atoms with Gasteiger partial charge in [-0.15, -0.1) is 6.42 Å². The van der Waals surface area contributed by atoms with E-state index in [0.29, 0.717) is 6.04 Å². The molecule has 0 aliphatic heterocycles. The summed E-state index contributed by atoms with van der Waals surface area (Å²) in [5, 5.41) is 3.26. The van der Waals surface area contributed by atoms with Gasteiger partial charge in [-0.2, -0.15) is 0 Å². The second-order valence-corrected chi connectivity index (χ2v) is 2.62. The van der Waals surface area contributed by atoms with Crippen molar-refractivity contribution in [2.24, 2.45) is 0 Å². The van der Waals surface area contributed by atoms with Crippen LogP contribution in [0, 0.1) is 12.3 Å². The van der Waals surface area contributed by atoms with E-state index < -0.39 is 0 Å². The van der Waals surface area contributed by atoms with Gasteiger partial charge in [0.05, 0.1) is 12.6 Å². The molecule has 0 radical (unpaired) electrons. The molecule has 0 aromatic heterocycles. The zero-order valence-corrected chi connectivity index (χ0v) is 7.55. The van der Waals surface area contributed by atoms with Crippen LogP contribution in [-0.4, -0.2) is 25.8 Å². The van der Waals surface area contributed by atoms with Gasteiger partial charge in [0.15, 0.2) is 0 Å². The zero-order chi connectivity index (χ0) is 8.69. The summed E-state index contributed by atoms with van der Waals surface area (Å²) in [6.45, 7) is 4.81. The third-order valence-corrected chi connectivity index (χ3v) is 1.60. The molecule has 2 heteroatoms. The van der Waals surface area contributed by atoms with Crippen molar-refractivity contribution in [3.05, 3.63) is 0 Å². The van der Waals surface area contributed by atoms with Crippen LogP contribution in [-0.2, 0) is 4.74 Å². The molecule has 2 atom stereocenters. The molecule has 0 saturated carbocycles. The molecule has 11 heavy (non-hydrogen) atoms. The van der Waals surface area contributed by atoms with Crippen LogP contribution in [0.4, 0.5) is 0 Å². The highest BCUT2D eigenvalue weighted by Gasteiger charge is 2.06. The average Bonchev–Trinajstić information content (AvgIpc) is 2.03. The number of hydrogen-bond donors (Lipinski definition) is 1. The van der Waals surface area contributed by atoms with E-state index in [1.54, 1.807) is 7.11 Å². The van der Waals surface area contributed by atoms with Crippen molar-refractivity contribution < 1.29 is 4.74 Å². The number of hydrogen-bond acceptors (Lipinski definition) is 2. The first-order chi connectivity index (χ1) is 5.24. The molecule has 0 aromatic carbocycles. The minimum absolute atomic E-state index is 0.134. The summed E-state index contributed by atoms with van der Waals surface area (Å²) in [6.07, 6.45) is 6.26. The van der Waals surface area contributed by atoms with E-state index in [1.165, 1.54) is 0 Å². The van der Waals surface area contributed by atoms with Gasteiger partial charge in [0.1, 0.15) is 0 Å². The van der Waals surface area contributed by atoms with E-state index in [-0.39, 0.29) is 6.04 Å². The fraction of sp³-hybridized carbons (Fsp3) is 0.778. The first-order valence-electron chi connectivity index (χ1n) is 3.95. The van der Waals surface area contributed by atoms with E-state index in [2.05, 4.69) is 18.2 Å². The molecular formula is C9H17NO. The highest BCUT2D eigenvalue weighted by molar-refractivity contribution is 4.96. The lowest BCUT2D eigenvalue weighted by molar-refractivity contribution is 0.162. The van der Waals surface area contributed by atoms with Crippen molar-refractivity contribution in [2.75, 3.05) is 13.7 Å². The second kappa shape index (κ2) is 6.21. The third-order valence-electron chi connectivity index (χ3n) is 1.60. The number of ether oxygens (including phenoxy) is 1. The van der Waals surface area contributed by atoms with Crippen molar-refractivity contribution in [1.29, 1.82) is 0 Å². The van der Waals surface area contributed by atoms with Crippen LogP contribution in [0.2, 0.25) is 0 Å². The van der Waals surface area contributed by atoms with Gasteiger partial charge in [0, 0.05) is 13.2 Å². The van der Waals surface area contributed by atoms with Gasteiger partial charge < -0.3 is 4.74 Å². The Balaban J connectivity index is 3.60. The molecule has 64 valence electrons. The summed E-state index contributed by atoms with van der Waals surface area (Å²) in [6, 6.07) is 0.515. The monoisotopic (exact) mass is 155 g/mol. The Kier molecular flexibility index (Phi) is 5.91. The molecule has 0 bridgehead atoms. The van der Waals surface area contributed by atoms with Gasteiger partial charge in [-0.05, 0) is 13.3 Å². The van der Waals surface area contributed by atoms with Crippen molar-refractivity contribution >= 4 is 0 Å². The summed E-state index contributed by atoms with van der Waals surface area (Å²) in [5.41, 5.74) is 0. The third kappa shape index (κ3) is 4.83. The maximum Gasteiger partial charge on any atom is 0.0661 e. The van der Waals surface area contributed by atoms with Crippen LogP contribution in [0.5, 0.6) is 0 Å². The van der Waals surface area contributed by atoms with Crippen LogP contribution < -0.4 is 5.32 Å². The standard InChI is InChI=1S/C9H17NO/c1-5-8(3)10-9(6-2)7-11-4/h1,8-10H,6-7H2,2-4H3. The molecule has 1 N–H and O–H groups in total. The van der Waals surface area contributed by atoms with Crippen LogP contribution in [0.1, 0.15) is 20.3 Å². The molecule has 0 heterocycles. The molecule has 2 nitrogen and oxygen atoms in total. The Hall–Kier alpha value is -0.520. The van der Waals surface area contributed by atoms with Gasteiger partial charge >= 0.3 is 0 Å². The Labute approximate surface area is 69.3 Å². The summed E-state index contributed by atoms with van der Waals surface area (Å²) in [4.78, 5) is 0. The van der Waals surface area contributed by atoms with Gasteiger partial charge in [0.25, 0.3) is 0 Å². The molecule has 0 spiro atoms. The van der Waals surface area contributed by atoms with Gasteiger partial charge in [0.2, 0.25) is 0 Å². The summed E-state index contributed by atoms with van der Waals surface area (Å²) < 4.78 is 5.01. The average molecular weight is 155 g/mol. The molecule has 0 saturated heterocycles. The highest BCUT2D eigenvalue weighted by atomic mass is 16.5. The molecule has 0 aliphatic rings. The van der Waals surface area contributed by atoms with E-state index in [0.717, 1.165) is 13.0 Å². The number of rotatable bonds is 5. The minimum Gasteiger partial charge on any atom is -0.383 e. The van der Waals surface area contributed by atoms with Crippen molar-refractivity contribution in [2.45, 2.75) is 32.4 Å². The minimum atomic E-state index is 0.134. The number of methoxy groups -OCH3 is 1. The number of nitrogens with one attached hydrogen (secondary N) is 1. The van der Waals surface area contributed by atoms with Crippen molar-refractivity contribution in [3.63, 3.8) is 0 Å². The lowest BCUT2D eigenvalue weighted by Crippen LogP contribution is -2.38. The molecule has 0 aromatic rings. The Morgan fingerprint density at radius 2 is 2.27 bits per heavy atom. The summed E-state index contributed by atoms with van der Waals surface area (Å²) >= 11 is 0. The quantitative estimate of drug-likeness (QED) is 0.599. The van der Waals surface area contributed by atoms with Gasteiger partial charge in [-0.25, -0.2) is 0 Å². The fourth-order valence-corrected chi connectivity index (χ4v) is 0.887. The molecule has 0 aliphatic carbocycles. The van der Waals surface area contributed by atoms with Crippen LogP contribution >= 0.6 is 0 Å². The Bertz CT molecular complexity index is 128.